The number of thioether (sulfide) groups is 2. The Labute approximate surface area is 230 Å². The fraction of sp³-hybridized carbons (Fsp3) is 0.500. The summed E-state index contributed by atoms with van der Waals surface area (Å²) in [5, 5.41) is 26.4. The van der Waals surface area contributed by atoms with Gasteiger partial charge in [-0.15, -0.1) is 40.6 Å². The van der Waals surface area contributed by atoms with E-state index in [1.807, 2.05) is 19.0 Å². The van der Waals surface area contributed by atoms with Crippen LogP contribution in [0, 0.1) is 0 Å². The second-order valence-electron chi connectivity index (χ2n) is 7.84. The summed E-state index contributed by atoms with van der Waals surface area (Å²) in [6.07, 6.45) is 0.000917. The van der Waals surface area contributed by atoms with E-state index in [0.29, 0.717) is 39.6 Å². The molecule has 206 valence electrons. The van der Waals surface area contributed by atoms with Crippen LogP contribution in [0.25, 0.3) is 0 Å². The number of tetrazole rings is 1. The Balaban J connectivity index is 0.00000228. The van der Waals surface area contributed by atoms with Gasteiger partial charge >= 0.3 is 5.97 Å². The molecule has 4 rings (SSSR count). The van der Waals surface area contributed by atoms with Gasteiger partial charge in [0.05, 0.1) is 18.7 Å². The molecule has 1 saturated heterocycles. The molecule has 2 aliphatic rings. The van der Waals surface area contributed by atoms with Crippen molar-refractivity contribution < 1.29 is 30.4 Å². The quantitative estimate of drug-likeness (QED) is 0.201. The predicted octanol–water partition coefficient (Wildman–Crippen LogP) is -1.88. The maximum absolute atomic E-state index is 12.8. The molecule has 2 amide bonds. The monoisotopic (exact) mass is 597 g/mol. The fourth-order valence-corrected chi connectivity index (χ4v) is 6.42. The fourth-order valence-electron chi connectivity index (χ4n) is 3.47. The second kappa shape index (κ2) is 13.9. The third kappa shape index (κ3) is 7.30. The first kappa shape index (κ1) is 32.5. The van der Waals surface area contributed by atoms with Gasteiger partial charge in [0.1, 0.15) is 17.1 Å². The summed E-state index contributed by atoms with van der Waals surface area (Å²) >= 11 is 3.98. The zero-order chi connectivity index (χ0) is 24.4. The van der Waals surface area contributed by atoms with Gasteiger partial charge in [-0.2, -0.15) is 0 Å². The first-order valence-electron chi connectivity index (χ1n) is 10.2. The number of hydrogen-bond acceptors (Lipinski definition) is 12. The number of nitrogens with one attached hydrogen (secondary N) is 1. The van der Waals surface area contributed by atoms with Gasteiger partial charge in [0.2, 0.25) is 11.1 Å². The number of carbonyl (C=O) groups excluding carboxylic acids is 2. The predicted molar refractivity (Wildman–Crippen MR) is 141 cm³/mol. The first-order chi connectivity index (χ1) is 16.2. The number of amides is 2. The van der Waals surface area contributed by atoms with E-state index in [1.165, 1.54) is 39.8 Å². The average molecular weight is 598 g/mol. The molecule has 0 aliphatic carbocycles. The third-order valence-corrected chi connectivity index (χ3v) is 8.22. The van der Waals surface area contributed by atoms with Gasteiger partial charge in [0.25, 0.3) is 5.91 Å². The number of β-lactam (4-membered cyclic amide) rings is 1. The number of halogens is 1. The van der Waals surface area contributed by atoms with Gasteiger partial charge < -0.3 is 32.0 Å². The maximum atomic E-state index is 12.8. The van der Waals surface area contributed by atoms with Gasteiger partial charge in [0, 0.05) is 23.4 Å². The molecule has 4 heterocycles. The summed E-state index contributed by atoms with van der Waals surface area (Å²) in [7, 11) is 3.90. The van der Waals surface area contributed by atoms with Crippen LogP contribution in [0.3, 0.4) is 0 Å². The zero-order valence-corrected chi connectivity index (χ0v) is 23.0. The number of aromatic nitrogens is 5. The van der Waals surface area contributed by atoms with Crippen molar-refractivity contribution in [3.8, 4) is 0 Å². The summed E-state index contributed by atoms with van der Waals surface area (Å²) in [6.45, 7) is 1.36. The van der Waals surface area contributed by atoms with E-state index in [0.717, 1.165) is 6.54 Å². The Kier molecular flexibility index (Phi) is 12.2. The average Bonchev–Trinajstić information content (AvgIpc) is 3.41. The molecule has 8 N–H and O–H groups in total. The van der Waals surface area contributed by atoms with E-state index in [1.54, 1.807) is 10.1 Å². The zero-order valence-electron chi connectivity index (χ0n) is 19.8. The van der Waals surface area contributed by atoms with Crippen LogP contribution in [0.5, 0.6) is 0 Å². The van der Waals surface area contributed by atoms with Crippen molar-refractivity contribution in [3.63, 3.8) is 0 Å². The number of nitrogens with zero attached hydrogens (tertiary/aromatic N) is 7. The highest BCUT2D eigenvalue weighted by Crippen LogP contribution is 2.41. The van der Waals surface area contributed by atoms with Crippen molar-refractivity contribution in [2.24, 2.45) is 0 Å². The van der Waals surface area contributed by atoms with Gasteiger partial charge in [-0.3, -0.25) is 14.5 Å². The van der Waals surface area contributed by atoms with Crippen LogP contribution >= 0.6 is 47.3 Å². The number of hydrogen-bond donors (Lipinski definition) is 3. The Morgan fingerprint density at radius 2 is 2.08 bits per heavy atom. The summed E-state index contributed by atoms with van der Waals surface area (Å²) in [4.78, 5) is 44.5. The molecule has 1 fully saturated rings. The maximum Gasteiger partial charge on any atom is 0.352 e. The molecule has 0 unspecified atom stereocenters. The number of nitrogen functional groups attached to an aromatic ring is 1. The van der Waals surface area contributed by atoms with E-state index >= 15 is 0 Å². The number of likely N-dealkylation sites (N-methyl/N-ethyl adjacent to an activating group) is 1. The van der Waals surface area contributed by atoms with Gasteiger partial charge in [0.15, 0.2) is 5.13 Å². The van der Waals surface area contributed by atoms with E-state index in [-0.39, 0.29) is 41.4 Å². The molecular formula is C18H28ClN9O6S3. The number of carboxylic acid groups (broad SMARTS) is 1. The number of thiazole rings is 1. The Bertz CT molecular complexity index is 1140. The molecule has 19 heteroatoms. The molecule has 0 spiro atoms. The van der Waals surface area contributed by atoms with Crippen molar-refractivity contribution in [3.05, 3.63) is 22.3 Å². The van der Waals surface area contributed by atoms with Crippen molar-refractivity contribution >= 4 is 70.2 Å². The highest BCUT2D eigenvalue weighted by Gasteiger charge is 2.54. The van der Waals surface area contributed by atoms with Crippen molar-refractivity contribution in [2.45, 2.75) is 29.5 Å². The molecule has 0 radical (unpaired) electrons. The van der Waals surface area contributed by atoms with E-state index in [9.17, 15) is 19.5 Å². The topological polar surface area (TPSA) is 235 Å². The van der Waals surface area contributed by atoms with Crippen LogP contribution in [0.4, 0.5) is 5.13 Å². The molecule has 2 aliphatic heterocycles. The molecule has 0 aromatic carbocycles. The normalized spacial score (nSPS) is 18.2. The van der Waals surface area contributed by atoms with Crippen LogP contribution in [-0.4, -0.2) is 112 Å². The standard InChI is InChI=1S/C18H23N9O4S3.ClH.2H2O/c1-25(2)3-4-26-18(22-23-24-26)34-7-9-6-32-15-12(14(29)27(15)13(9)16(30)31)21-11(28)5-10-8-33-17(19)20-10;;;/h8,12,15H,3-7H2,1-2H3,(H2,19,20)(H,21,28)(H,30,31);1H;2*1H2/t12-,15-;;;/m1.../s1. The van der Waals surface area contributed by atoms with Crippen molar-refractivity contribution in [2.75, 3.05) is 37.9 Å². The first-order valence-corrected chi connectivity index (χ1v) is 13.1. The number of anilines is 1. The lowest BCUT2D eigenvalue weighted by atomic mass is 10.0. The summed E-state index contributed by atoms with van der Waals surface area (Å²) in [5.41, 5.74) is 6.68. The minimum absolute atomic E-state index is 0. The molecule has 2 aromatic rings. The molecule has 2 atom stereocenters. The van der Waals surface area contributed by atoms with Crippen molar-refractivity contribution in [1.82, 2.24) is 40.3 Å². The lowest BCUT2D eigenvalue weighted by Gasteiger charge is -2.49. The molecule has 2 aromatic heterocycles. The largest absolute Gasteiger partial charge is 0.477 e. The molecule has 37 heavy (non-hydrogen) atoms. The molecule has 0 bridgehead atoms. The smallest absolute Gasteiger partial charge is 0.352 e. The van der Waals surface area contributed by atoms with E-state index < -0.39 is 23.3 Å². The Morgan fingerprint density at radius 3 is 2.70 bits per heavy atom. The number of carbonyl (C=O) groups is 3. The minimum Gasteiger partial charge on any atom is -0.477 e. The number of carboxylic acids is 1. The minimum atomic E-state index is -1.18. The second-order valence-corrected chi connectivity index (χ2v) is 10.8. The number of aliphatic carboxylic acids is 1. The van der Waals surface area contributed by atoms with Gasteiger partial charge in [-0.25, -0.2) is 14.5 Å². The molecule has 0 saturated carbocycles. The van der Waals surface area contributed by atoms with Gasteiger partial charge in [-0.1, -0.05) is 11.8 Å². The Morgan fingerprint density at radius 1 is 1.35 bits per heavy atom. The third-order valence-electron chi connectivity index (χ3n) is 5.11. The number of nitrogens with two attached hydrogens (primary N) is 1. The van der Waals surface area contributed by atoms with Crippen molar-refractivity contribution in [1.29, 1.82) is 0 Å². The SMILES string of the molecule is CN(C)CCn1nnnc1SCC1=C(C(=O)O)N2C(=O)[C@@H](NC(=O)Cc3csc(N)n3)[C@H]2SC1.Cl.O.O. The molecule has 15 nitrogen and oxygen atoms in total. The lowest BCUT2D eigenvalue weighted by molar-refractivity contribution is -0.150. The number of rotatable bonds is 10. The van der Waals surface area contributed by atoms with E-state index in [4.69, 9.17) is 5.73 Å². The van der Waals surface area contributed by atoms with Crippen LogP contribution < -0.4 is 11.1 Å². The molecular weight excluding hydrogens is 570 g/mol. The highest BCUT2D eigenvalue weighted by molar-refractivity contribution is 8.01. The van der Waals surface area contributed by atoms with Crippen LogP contribution in [0.15, 0.2) is 21.8 Å². The highest BCUT2D eigenvalue weighted by atomic mass is 35.5. The lowest BCUT2D eigenvalue weighted by Crippen LogP contribution is -2.70. The van der Waals surface area contributed by atoms with Gasteiger partial charge in [-0.05, 0) is 30.1 Å². The van der Waals surface area contributed by atoms with Crippen LogP contribution in [0.1, 0.15) is 5.69 Å². The van der Waals surface area contributed by atoms with Crippen LogP contribution in [-0.2, 0) is 27.3 Å². The Hall–Kier alpha value is -2.48. The number of fused-ring (bicyclic) bond motifs is 1. The van der Waals surface area contributed by atoms with E-state index in [2.05, 4.69) is 25.8 Å². The summed E-state index contributed by atoms with van der Waals surface area (Å²) < 4.78 is 1.67. The summed E-state index contributed by atoms with van der Waals surface area (Å²) in [5.74, 6) is -1.24. The van der Waals surface area contributed by atoms with Crippen LogP contribution in [0.2, 0.25) is 0 Å². The summed E-state index contributed by atoms with van der Waals surface area (Å²) in [6, 6.07) is -0.782.